The molecular weight excluding hydrogens is 428 g/mol. The molecule has 0 atom stereocenters. The summed E-state index contributed by atoms with van der Waals surface area (Å²) in [6, 6.07) is 16.9. The Labute approximate surface area is 187 Å². The molecular formula is C23H26N4O4S. The average Bonchev–Trinajstić information content (AvgIpc) is 3.19. The van der Waals surface area contributed by atoms with Gasteiger partial charge in [0.2, 0.25) is 10.0 Å². The van der Waals surface area contributed by atoms with Crippen LogP contribution >= 0.6 is 0 Å². The van der Waals surface area contributed by atoms with Gasteiger partial charge in [-0.05, 0) is 30.3 Å². The van der Waals surface area contributed by atoms with Crippen LogP contribution in [0.25, 0.3) is 0 Å². The third-order valence-corrected chi connectivity index (χ3v) is 7.03. The molecule has 0 spiro atoms. The molecule has 0 aliphatic carbocycles. The van der Waals surface area contributed by atoms with Crippen molar-refractivity contribution in [1.82, 2.24) is 8.87 Å². The van der Waals surface area contributed by atoms with E-state index in [-0.39, 0.29) is 16.5 Å². The highest BCUT2D eigenvalue weighted by Crippen LogP contribution is 2.24. The van der Waals surface area contributed by atoms with Crippen LogP contribution < -0.4 is 10.6 Å². The highest BCUT2D eigenvalue weighted by molar-refractivity contribution is 7.89. The van der Waals surface area contributed by atoms with Crippen LogP contribution in [0.1, 0.15) is 34.7 Å². The van der Waals surface area contributed by atoms with E-state index in [4.69, 9.17) is 0 Å². The molecule has 32 heavy (non-hydrogen) atoms. The van der Waals surface area contributed by atoms with Gasteiger partial charge >= 0.3 is 0 Å². The molecule has 3 rings (SSSR count). The number of anilines is 2. The summed E-state index contributed by atoms with van der Waals surface area (Å²) in [5.41, 5.74) is 1.50. The molecule has 3 aromatic rings. The molecule has 0 fully saturated rings. The van der Waals surface area contributed by atoms with E-state index in [0.29, 0.717) is 30.0 Å². The lowest BCUT2D eigenvalue weighted by atomic mass is 10.2. The Balaban J connectivity index is 1.83. The smallest absolute Gasteiger partial charge is 0.272 e. The van der Waals surface area contributed by atoms with Gasteiger partial charge in [-0.2, -0.15) is 4.31 Å². The third kappa shape index (κ3) is 4.90. The second-order valence-corrected chi connectivity index (χ2v) is 9.02. The van der Waals surface area contributed by atoms with Gasteiger partial charge in [0, 0.05) is 31.9 Å². The summed E-state index contributed by atoms with van der Waals surface area (Å²) in [7, 11) is -2.08. The van der Waals surface area contributed by atoms with Crippen LogP contribution in [0, 0.1) is 0 Å². The number of nitrogens with one attached hydrogen (secondary N) is 2. The molecule has 0 bridgehead atoms. The molecule has 2 aromatic carbocycles. The normalized spacial score (nSPS) is 11.4. The van der Waals surface area contributed by atoms with Crippen molar-refractivity contribution < 1.29 is 18.0 Å². The molecule has 1 aromatic heterocycles. The first kappa shape index (κ1) is 23.2. The lowest BCUT2D eigenvalue weighted by Crippen LogP contribution is -2.30. The van der Waals surface area contributed by atoms with Crippen LogP contribution in [0.2, 0.25) is 0 Å². The maximum Gasteiger partial charge on any atom is 0.272 e. The summed E-state index contributed by atoms with van der Waals surface area (Å²) < 4.78 is 28.4. The van der Waals surface area contributed by atoms with Crippen molar-refractivity contribution in [3.8, 4) is 0 Å². The Bertz CT molecular complexity index is 1220. The average molecular weight is 455 g/mol. The zero-order valence-corrected chi connectivity index (χ0v) is 19.0. The van der Waals surface area contributed by atoms with Crippen LogP contribution in [0.3, 0.4) is 0 Å². The standard InChI is InChI=1S/C23H26N4O4S/c1-4-27(5-2)32(30,31)18-15-21(26(3)16-18)23(29)25-20-14-10-9-13-19(20)24-22(28)17-11-7-6-8-12-17/h6-16H,4-5H2,1-3H3,(H,24,28)(H,25,29). The van der Waals surface area contributed by atoms with E-state index in [2.05, 4.69) is 10.6 Å². The largest absolute Gasteiger partial charge is 0.345 e. The Morgan fingerprint density at radius 2 is 1.41 bits per heavy atom. The number of rotatable bonds is 8. The summed E-state index contributed by atoms with van der Waals surface area (Å²) in [5, 5.41) is 5.56. The topological polar surface area (TPSA) is 101 Å². The Morgan fingerprint density at radius 3 is 1.97 bits per heavy atom. The second kappa shape index (κ2) is 9.80. The van der Waals surface area contributed by atoms with E-state index < -0.39 is 15.9 Å². The molecule has 168 valence electrons. The van der Waals surface area contributed by atoms with Crippen molar-refractivity contribution in [1.29, 1.82) is 0 Å². The molecule has 2 N–H and O–H groups in total. The van der Waals surface area contributed by atoms with Crippen molar-refractivity contribution in [2.45, 2.75) is 18.7 Å². The van der Waals surface area contributed by atoms with Crippen molar-refractivity contribution in [2.24, 2.45) is 7.05 Å². The van der Waals surface area contributed by atoms with Gasteiger partial charge in [-0.15, -0.1) is 0 Å². The molecule has 9 heteroatoms. The van der Waals surface area contributed by atoms with E-state index in [0.717, 1.165) is 0 Å². The lowest BCUT2D eigenvalue weighted by molar-refractivity contribution is 0.101. The molecule has 0 aliphatic heterocycles. The van der Waals surface area contributed by atoms with E-state index in [1.807, 2.05) is 6.07 Å². The summed E-state index contributed by atoms with van der Waals surface area (Å²) in [6.07, 6.45) is 1.42. The van der Waals surface area contributed by atoms with Gasteiger partial charge in [0.1, 0.15) is 10.6 Å². The maximum atomic E-state index is 12.9. The number of hydrogen-bond donors (Lipinski definition) is 2. The van der Waals surface area contributed by atoms with Crippen molar-refractivity contribution >= 4 is 33.2 Å². The van der Waals surface area contributed by atoms with Gasteiger partial charge in [0.05, 0.1) is 11.4 Å². The minimum Gasteiger partial charge on any atom is -0.345 e. The van der Waals surface area contributed by atoms with Crippen molar-refractivity contribution in [3.05, 3.63) is 78.1 Å². The zero-order valence-electron chi connectivity index (χ0n) is 18.2. The third-order valence-electron chi connectivity index (χ3n) is 5.02. The number of nitrogens with zero attached hydrogens (tertiary/aromatic N) is 2. The van der Waals surface area contributed by atoms with Gasteiger partial charge in [-0.3, -0.25) is 9.59 Å². The first-order valence-electron chi connectivity index (χ1n) is 10.2. The number of carbonyl (C=O) groups is 2. The lowest BCUT2D eigenvalue weighted by Gasteiger charge is -2.17. The molecule has 0 saturated carbocycles. The number of para-hydroxylation sites is 2. The summed E-state index contributed by atoms with van der Waals surface area (Å²) in [6.45, 7) is 4.20. The fourth-order valence-corrected chi connectivity index (χ4v) is 4.81. The predicted octanol–water partition coefficient (Wildman–Crippen LogP) is 3.56. The number of aromatic nitrogens is 1. The van der Waals surface area contributed by atoms with E-state index in [9.17, 15) is 18.0 Å². The maximum absolute atomic E-state index is 12.9. The number of hydrogen-bond acceptors (Lipinski definition) is 4. The number of sulfonamides is 1. The van der Waals surface area contributed by atoms with Gasteiger partial charge in [-0.1, -0.05) is 44.2 Å². The Hall–Kier alpha value is -3.43. The highest BCUT2D eigenvalue weighted by Gasteiger charge is 2.25. The zero-order chi connectivity index (χ0) is 23.3. The molecule has 0 unspecified atom stereocenters. The summed E-state index contributed by atoms with van der Waals surface area (Å²) in [5.74, 6) is -0.798. The monoisotopic (exact) mass is 454 g/mol. The number of benzene rings is 2. The minimum atomic E-state index is -3.69. The van der Waals surface area contributed by atoms with Crippen LogP contribution in [0.4, 0.5) is 11.4 Å². The van der Waals surface area contributed by atoms with Gasteiger partial charge in [-0.25, -0.2) is 8.42 Å². The minimum absolute atomic E-state index is 0.0551. The first-order chi connectivity index (χ1) is 15.3. The molecule has 2 amide bonds. The van der Waals surface area contributed by atoms with E-state index >= 15 is 0 Å². The van der Waals surface area contributed by atoms with E-state index in [1.165, 1.54) is 21.1 Å². The van der Waals surface area contributed by atoms with Crippen molar-refractivity contribution in [2.75, 3.05) is 23.7 Å². The highest BCUT2D eigenvalue weighted by atomic mass is 32.2. The second-order valence-electron chi connectivity index (χ2n) is 7.08. The fourth-order valence-electron chi connectivity index (χ4n) is 3.29. The quantitative estimate of drug-likeness (QED) is 0.543. The summed E-state index contributed by atoms with van der Waals surface area (Å²) >= 11 is 0. The summed E-state index contributed by atoms with van der Waals surface area (Å²) in [4.78, 5) is 25.5. The fraction of sp³-hybridized carbons (Fsp3) is 0.217. The molecule has 0 saturated heterocycles. The first-order valence-corrected chi connectivity index (χ1v) is 11.6. The molecule has 8 nitrogen and oxygen atoms in total. The Kier molecular flexibility index (Phi) is 7.12. The predicted molar refractivity (Wildman–Crippen MR) is 124 cm³/mol. The van der Waals surface area contributed by atoms with E-state index in [1.54, 1.807) is 69.4 Å². The van der Waals surface area contributed by atoms with Gasteiger partial charge in [0.15, 0.2) is 0 Å². The Morgan fingerprint density at radius 1 is 0.875 bits per heavy atom. The number of carbonyl (C=O) groups excluding carboxylic acids is 2. The number of amides is 2. The van der Waals surface area contributed by atoms with Crippen LogP contribution in [0.15, 0.2) is 71.8 Å². The molecule has 1 heterocycles. The SMILES string of the molecule is CCN(CC)S(=O)(=O)c1cc(C(=O)Nc2ccccc2NC(=O)c2ccccc2)n(C)c1. The van der Waals surface area contributed by atoms with Gasteiger partial charge in [0.25, 0.3) is 11.8 Å². The van der Waals surface area contributed by atoms with Crippen LogP contribution in [-0.4, -0.2) is 42.2 Å². The molecule has 0 aliphatic rings. The van der Waals surface area contributed by atoms with Crippen LogP contribution in [0.5, 0.6) is 0 Å². The van der Waals surface area contributed by atoms with Gasteiger partial charge < -0.3 is 15.2 Å². The van der Waals surface area contributed by atoms with Crippen LogP contribution in [-0.2, 0) is 17.1 Å². The van der Waals surface area contributed by atoms with Crippen molar-refractivity contribution in [3.63, 3.8) is 0 Å². The molecule has 0 radical (unpaired) electrons. The number of aryl methyl sites for hydroxylation is 1.